The van der Waals surface area contributed by atoms with Gasteiger partial charge in [-0.05, 0) is 39.3 Å². The molecule has 0 aromatic carbocycles. The highest BCUT2D eigenvalue weighted by Crippen LogP contribution is 2.23. The molecule has 0 saturated carbocycles. The summed E-state index contributed by atoms with van der Waals surface area (Å²) >= 11 is 0. The molecule has 1 saturated heterocycles. The summed E-state index contributed by atoms with van der Waals surface area (Å²) in [5.74, 6) is -0.400. The van der Waals surface area contributed by atoms with Gasteiger partial charge < -0.3 is 9.64 Å². The topological polar surface area (TPSA) is 29.5 Å². The molecule has 0 aliphatic carbocycles. The first-order valence-electron chi connectivity index (χ1n) is 6.38. The van der Waals surface area contributed by atoms with Crippen molar-refractivity contribution in [2.75, 3.05) is 26.2 Å². The quantitative estimate of drug-likeness (QED) is 0.717. The number of alkyl halides is 3. The van der Waals surface area contributed by atoms with Crippen molar-refractivity contribution in [1.82, 2.24) is 4.90 Å². The number of carbonyl (C=O) groups is 1. The van der Waals surface area contributed by atoms with Crippen LogP contribution < -0.4 is 0 Å². The fourth-order valence-corrected chi connectivity index (χ4v) is 2.21. The average molecular weight is 267 g/mol. The number of piperidine rings is 1. The number of carbonyl (C=O) groups excluding carboxylic acids is 1. The van der Waals surface area contributed by atoms with Crippen LogP contribution in [0.4, 0.5) is 13.2 Å². The van der Waals surface area contributed by atoms with Gasteiger partial charge in [0.15, 0.2) is 0 Å². The van der Waals surface area contributed by atoms with Gasteiger partial charge in [-0.25, -0.2) is 0 Å². The second-order valence-electron chi connectivity index (χ2n) is 4.61. The highest BCUT2D eigenvalue weighted by molar-refractivity contribution is 5.72. The van der Waals surface area contributed by atoms with E-state index in [1.165, 1.54) is 0 Å². The van der Waals surface area contributed by atoms with Gasteiger partial charge in [0.05, 0.1) is 12.5 Å². The van der Waals surface area contributed by atoms with Crippen molar-refractivity contribution in [3.8, 4) is 0 Å². The molecule has 0 bridgehead atoms. The summed E-state index contributed by atoms with van der Waals surface area (Å²) < 4.78 is 41.0. The van der Waals surface area contributed by atoms with Gasteiger partial charge in [0.1, 0.15) is 0 Å². The van der Waals surface area contributed by atoms with Crippen LogP contribution in [0.1, 0.15) is 32.6 Å². The van der Waals surface area contributed by atoms with Gasteiger partial charge in [-0.1, -0.05) is 0 Å². The lowest BCUT2D eigenvalue weighted by Gasteiger charge is -2.31. The van der Waals surface area contributed by atoms with E-state index in [4.69, 9.17) is 4.74 Å². The number of rotatable bonds is 5. The molecule has 1 heterocycles. The van der Waals surface area contributed by atoms with Crippen LogP contribution in [0.15, 0.2) is 0 Å². The average Bonchev–Trinajstić information content (AvgIpc) is 2.28. The number of hydrogen-bond donors (Lipinski definition) is 0. The summed E-state index contributed by atoms with van der Waals surface area (Å²) in [5, 5.41) is 0. The Bertz CT molecular complexity index is 269. The van der Waals surface area contributed by atoms with Crippen molar-refractivity contribution in [2.45, 2.75) is 38.8 Å². The molecule has 18 heavy (non-hydrogen) atoms. The van der Waals surface area contributed by atoms with Crippen LogP contribution in [0.3, 0.4) is 0 Å². The van der Waals surface area contributed by atoms with E-state index in [0.717, 1.165) is 19.4 Å². The smallest absolute Gasteiger partial charge is 0.389 e. The van der Waals surface area contributed by atoms with E-state index in [9.17, 15) is 18.0 Å². The van der Waals surface area contributed by atoms with Gasteiger partial charge >= 0.3 is 12.1 Å². The van der Waals surface area contributed by atoms with E-state index in [1.807, 2.05) is 4.90 Å². The summed E-state index contributed by atoms with van der Waals surface area (Å²) in [6, 6.07) is 0. The molecule has 0 unspecified atom stereocenters. The minimum atomic E-state index is -4.09. The molecule has 0 aromatic rings. The summed E-state index contributed by atoms with van der Waals surface area (Å²) in [6.07, 6.45) is -3.13. The third-order valence-corrected chi connectivity index (χ3v) is 3.06. The van der Waals surface area contributed by atoms with Gasteiger partial charge in [-0.3, -0.25) is 4.79 Å². The fourth-order valence-electron chi connectivity index (χ4n) is 2.21. The van der Waals surface area contributed by atoms with Crippen LogP contribution in [-0.4, -0.2) is 43.3 Å². The number of ether oxygens (including phenoxy) is 1. The zero-order valence-electron chi connectivity index (χ0n) is 10.6. The Morgan fingerprint density at radius 1 is 1.44 bits per heavy atom. The monoisotopic (exact) mass is 267 g/mol. The SMILES string of the molecule is CCOC(=O)[C@@H]1CCCN(CCCC(F)(F)F)C1. The summed E-state index contributed by atoms with van der Waals surface area (Å²) in [5.41, 5.74) is 0. The van der Waals surface area contributed by atoms with Crippen molar-refractivity contribution >= 4 is 5.97 Å². The molecule has 1 fully saturated rings. The molecule has 1 aliphatic heterocycles. The van der Waals surface area contributed by atoms with E-state index >= 15 is 0 Å². The maximum Gasteiger partial charge on any atom is 0.389 e. The summed E-state index contributed by atoms with van der Waals surface area (Å²) in [4.78, 5) is 13.5. The maximum atomic E-state index is 12.0. The van der Waals surface area contributed by atoms with E-state index in [2.05, 4.69) is 0 Å². The van der Waals surface area contributed by atoms with Gasteiger partial charge in [0, 0.05) is 13.0 Å². The highest BCUT2D eigenvalue weighted by atomic mass is 19.4. The predicted molar refractivity (Wildman–Crippen MR) is 61.1 cm³/mol. The van der Waals surface area contributed by atoms with Gasteiger partial charge in [0.25, 0.3) is 0 Å². The van der Waals surface area contributed by atoms with E-state index < -0.39 is 12.6 Å². The van der Waals surface area contributed by atoms with E-state index in [-0.39, 0.29) is 18.3 Å². The Kier molecular flexibility index (Phi) is 5.91. The third-order valence-electron chi connectivity index (χ3n) is 3.06. The molecule has 3 nitrogen and oxygen atoms in total. The molecular formula is C12H20F3NO2. The van der Waals surface area contributed by atoms with Crippen molar-refractivity contribution in [3.05, 3.63) is 0 Å². The Labute approximate surface area is 105 Å². The molecule has 0 radical (unpaired) electrons. The van der Waals surface area contributed by atoms with Crippen LogP contribution in [0.5, 0.6) is 0 Å². The number of likely N-dealkylation sites (tertiary alicyclic amines) is 1. The van der Waals surface area contributed by atoms with Crippen LogP contribution in [-0.2, 0) is 9.53 Å². The number of hydrogen-bond acceptors (Lipinski definition) is 3. The molecule has 0 N–H and O–H groups in total. The van der Waals surface area contributed by atoms with Crippen LogP contribution >= 0.6 is 0 Å². The van der Waals surface area contributed by atoms with Crippen LogP contribution in [0.25, 0.3) is 0 Å². The lowest BCUT2D eigenvalue weighted by Crippen LogP contribution is -2.40. The normalized spacial score (nSPS) is 21.9. The zero-order chi connectivity index (χ0) is 13.6. The molecule has 0 amide bonds. The molecular weight excluding hydrogens is 247 g/mol. The van der Waals surface area contributed by atoms with Crippen molar-refractivity contribution in [2.24, 2.45) is 5.92 Å². The molecule has 6 heteroatoms. The second kappa shape index (κ2) is 6.97. The number of nitrogens with zero attached hydrogens (tertiary/aromatic N) is 1. The standard InChI is InChI=1S/C12H20F3NO2/c1-2-18-11(17)10-5-3-7-16(9-10)8-4-6-12(13,14)15/h10H,2-9H2,1H3/t10-/m1/s1. The minimum absolute atomic E-state index is 0.0963. The maximum absolute atomic E-state index is 12.0. The van der Waals surface area contributed by atoms with Crippen LogP contribution in [0.2, 0.25) is 0 Å². The number of esters is 1. The van der Waals surface area contributed by atoms with E-state index in [0.29, 0.717) is 19.7 Å². The number of halogens is 3. The molecule has 0 aromatic heterocycles. The summed E-state index contributed by atoms with van der Waals surface area (Å²) in [7, 11) is 0. The van der Waals surface area contributed by atoms with Gasteiger partial charge in [-0.15, -0.1) is 0 Å². The first kappa shape index (κ1) is 15.3. The Hall–Kier alpha value is -0.780. The summed E-state index contributed by atoms with van der Waals surface area (Å²) in [6.45, 7) is 3.80. The molecule has 0 spiro atoms. The highest BCUT2D eigenvalue weighted by Gasteiger charge is 2.29. The Morgan fingerprint density at radius 3 is 2.78 bits per heavy atom. The van der Waals surface area contributed by atoms with Crippen molar-refractivity contribution in [1.29, 1.82) is 0 Å². The van der Waals surface area contributed by atoms with Crippen LogP contribution in [0, 0.1) is 5.92 Å². The Balaban J connectivity index is 2.28. The van der Waals surface area contributed by atoms with Crippen molar-refractivity contribution < 1.29 is 22.7 Å². The second-order valence-corrected chi connectivity index (χ2v) is 4.61. The van der Waals surface area contributed by atoms with Gasteiger partial charge in [-0.2, -0.15) is 13.2 Å². The lowest BCUT2D eigenvalue weighted by atomic mass is 9.98. The zero-order valence-corrected chi connectivity index (χ0v) is 10.6. The first-order valence-corrected chi connectivity index (χ1v) is 6.38. The molecule has 1 atom stereocenters. The van der Waals surface area contributed by atoms with Crippen molar-refractivity contribution in [3.63, 3.8) is 0 Å². The predicted octanol–water partition coefficient (Wildman–Crippen LogP) is 2.60. The fraction of sp³-hybridized carbons (Fsp3) is 0.917. The van der Waals surface area contributed by atoms with E-state index in [1.54, 1.807) is 6.92 Å². The third kappa shape index (κ3) is 5.71. The van der Waals surface area contributed by atoms with Gasteiger partial charge in [0.2, 0.25) is 0 Å². The lowest BCUT2D eigenvalue weighted by molar-refractivity contribution is -0.150. The minimum Gasteiger partial charge on any atom is -0.466 e. The first-order chi connectivity index (χ1) is 8.42. The largest absolute Gasteiger partial charge is 0.466 e. The molecule has 1 aliphatic rings. The Morgan fingerprint density at radius 2 is 2.17 bits per heavy atom. The molecule has 1 rings (SSSR count). The molecule has 106 valence electrons.